The van der Waals surface area contributed by atoms with E-state index in [2.05, 4.69) is 156 Å². The molecule has 143 heavy (non-hydrogen) atoms. The van der Waals surface area contributed by atoms with Crippen molar-refractivity contribution in [3.8, 4) is 103 Å². The van der Waals surface area contributed by atoms with Crippen molar-refractivity contribution in [2.45, 2.75) is 302 Å². The Morgan fingerprint density at radius 3 is 0.538 bits per heavy atom. The fraction of sp³-hybridized carbons (Fsp3) is 0.424. The summed E-state index contributed by atoms with van der Waals surface area (Å²) in [6, 6.07) is 62.2. The van der Waals surface area contributed by atoms with Gasteiger partial charge in [-0.05, 0) is 367 Å². The molecule has 0 aliphatic carbocycles. The largest absolute Gasteiger partial charge is 0.508 e. The predicted octanol–water partition coefficient (Wildman–Crippen LogP) is 26.8. The van der Waals surface area contributed by atoms with E-state index in [1.165, 1.54) is 66.8 Å². The second-order valence-electron chi connectivity index (χ2n) is 45.5. The van der Waals surface area contributed by atoms with Crippen molar-refractivity contribution in [3.05, 3.63) is 316 Å². The summed E-state index contributed by atoms with van der Waals surface area (Å²) in [5, 5.41) is 61.4. The van der Waals surface area contributed by atoms with Crippen LogP contribution >= 0.6 is 0 Å². The van der Waals surface area contributed by atoms with Crippen molar-refractivity contribution >= 4 is 0 Å². The summed E-state index contributed by atoms with van der Waals surface area (Å²) < 4.78 is 73.5. The quantitative estimate of drug-likeness (QED) is 0.0908. The molecular weight excluding hydrogens is 1790 g/mol. The highest BCUT2D eigenvalue weighted by Gasteiger charge is 2.42. The number of hydrogen-bond acceptors (Lipinski definition) is 18. The number of para-hydroxylation sites is 1. The van der Waals surface area contributed by atoms with Crippen molar-refractivity contribution in [2.75, 3.05) is 39.6 Å². The highest BCUT2D eigenvalue weighted by atomic mass is 16.5. The summed E-state index contributed by atoms with van der Waals surface area (Å²) in [5.74, 6) is 15.2. The first-order valence-electron chi connectivity index (χ1n) is 51.7. The Bertz CT molecular complexity index is 6000. The van der Waals surface area contributed by atoms with Gasteiger partial charge in [0.2, 0.25) is 0 Å². The Balaban J connectivity index is 0.000000109. The van der Waals surface area contributed by atoms with Gasteiger partial charge in [-0.2, -0.15) is 0 Å². The summed E-state index contributed by atoms with van der Waals surface area (Å²) in [5.41, 5.74) is 25.1. The number of rotatable bonds is 6. The minimum atomic E-state index is -0.105. The monoisotopic (exact) mass is 1930 g/mol. The zero-order chi connectivity index (χ0) is 101. The molecule has 24 rings (SSSR count). The van der Waals surface area contributed by atoms with Gasteiger partial charge in [-0.25, -0.2) is 0 Å². The highest BCUT2D eigenvalue weighted by molar-refractivity contribution is 5.61. The number of aryl methyl sites for hydroxylation is 5. The molecule has 0 saturated carbocycles. The SMILES string of the molecule is CC1(C)CCc2c(ccc3c2OCC(c2ccccc2O)C3)O1.Cc1ccc(C2COc3c(ccc4c3CCC(C)(C)O4)C2)c(O)c1.Cc1ccc(C2COc3c(ccc4c3CCC(C)(C)O4)C2)c(O)c1.Cc1ccc(C2COc3c(ccc4c3CCC(C)(C)O4)C2)c(O)c1.Cc1ccc(C2COc3c(ccc4c3CCC(C)(C)O4)C2)c(O)c1.Cc1ccc(C2COc3c(ccc4c3CCC(C)(C)O4)C2)c(O)c1. The molecule has 0 fully saturated rings. The van der Waals surface area contributed by atoms with Crippen LogP contribution in [0.3, 0.4) is 0 Å². The number of benzene rings is 12. The number of phenolic OH excluding ortho intramolecular Hbond substituents is 6. The van der Waals surface area contributed by atoms with Crippen LogP contribution < -0.4 is 56.8 Å². The van der Waals surface area contributed by atoms with Crippen molar-refractivity contribution < 1.29 is 87.5 Å². The lowest BCUT2D eigenvalue weighted by molar-refractivity contribution is 0.0822. The Labute approximate surface area is 843 Å². The Morgan fingerprint density at radius 2 is 0.371 bits per heavy atom. The molecule has 12 aromatic carbocycles. The summed E-state index contributed by atoms with van der Waals surface area (Å²) in [4.78, 5) is 0. The van der Waals surface area contributed by atoms with E-state index in [0.29, 0.717) is 74.1 Å². The number of ether oxygens (including phenoxy) is 12. The third kappa shape index (κ3) is 21.8. The lowest BCUT2D eigenvalue weighted by Crippen LogP contribution is -2.33. The molecule has 12 aliphatic heterocycles. The van der Waals surface area contributed by atoms with Gasteiger partial charge in [0.05, 0.1) is 39.6 Å². The third-order valence-corrected chi connectivity index (χ3v) is 30.9. The van der Waals surface area contributed by atoms with E-state index in [9.17, 15) is 30.6 Å². The fourth-order valence-corrected chi connectivity index (χ4v) is 22.7. The zero-order valence-corrected chi connectivity index (χ0v) is 86.4. The molecule has 12 heterocycles. The molecule has 0 amide bonds. The maximum Gasteiger partial charge on any atom is 0.129 e. The second kappa shape index (κ2) is 39.6. The van der Waals surface area contributed by atoms with Crippen LogP contribution in [0, 0.1) is 34.6 Å². The molecule has 6 atom stereocenters. The van der Waals surface area contributed by atoms with Crippen molar-refractivity contribution in [1.82, 2.24) is 0 Å². The van der Waals surface area contributed by atoms with Gasteiger partial charge in [0.15, 0.2) is 0 Å². The van der Waals surface area contributed by atoms with Crippen LogP contribution in [0.5, 0.6) is 103 Å². The molecule has 0 bridgehead atoms. The van der Waals surface area contributed by atoms with Gasteiger partial charge in [0, 0.05) is 102 Å². The fourth-order valence-electron chi connectivity index (χ4n) is 22.7. The van der Waals surface area contributed by atoms with Gasteiger partial charge in [-0.15, -0.1) is 0 Å². The molecule has 6 unspecified atom stereocenters. The summed E-state index contributed by atoms with van der Waals surface area (Å²) in [7, 11) is 0. The van der Waals surface area contributed by atoms with Crippen molar-refractivity contribution in [2.24, 2.45) is 0 Å². The average molecular weight is 1930 g/mol. The summed E-state index contributed by atoms with van der Waals surface area (Å²) >= 11 is 0. The highest BCUT2D eigenvalue weighted by Crippen LogP contribution is 2.54. The topological polar surface area (TPSA) is 232 Å². The maximum atomic E-state index is 10.3. The van der Waals surface area contributed by atoms with Crippen LogP contribution in [-0.4, -0.2) is 104 Å². The molecule has 18 heteroatoms. The van der Waals surface area contributed by atoms with Gasteiger partial charge in [-0.3, -0.25) is 0 Å². The Morgan fingerprint density at radius 1 is 0.203 bits per heavy atom. The van der Waals surface area contributed by atoms with Crippen LogP contribution in [0.4, 0.5) is 0 Å². The molecule has 18 nitrogen and oxygen atoms in total. The molecule has 6 N–H and O–H groups in total. The molecule has 0 aromatic heterocycles. The van der Waals surface area contributed by atoms with Gasteiger partial charge in [0.25, 0.3) is 0 Å². The Kier molecular flexibility index (Phi) is 27.4. The lowest BCUT2D eigenvalue weighted by atomic mass is 9.86. The standard InChI is InChI=1S/5C21H24O3.C20H22O3/c5*1-13-4-6-16(18(22)10-13)15-11-14-5-7-19-17(20(14)23-12-15)8-9-21(2,3)24-19;1-20(2)10-9-16-18(23-20)8-7-13-11-14(12-22-19(13)16)15-5-3-4-6-17(15)21/h5*4-7,10,15,22H,8-9,11-12H2,1-3H3;3-8,14,21H,9-12H2,1-2H3. The predicted molar refractivity (Wildman–Crippen MR) is 561 cm³/mol. The third-order valence-electron chi connectivity index (χ3n) is 30.9. The Hall–Kier alpha value is -13.0. The minimum absolute atomic E-state index is 0.103. The second-order valence-corrected chi connectivity index (χ2v) is 45.5. The van der Waals surface area contributed by atoms with E-state index in [-0.39, 0.29) is 69.1 Å². The number of hydrogen-bond donors (Lipinski definition) is 6. The van der Waals surface area contributed by atoms with Gasteiger partial charge >= 0.3 is 0 Å². The normalized spacial score (nSPS) is 21.3. The molecule has 12 aromatic rings. The first-order chi connectivity index (χ1) is 68.2. The average Bonchev–Trinajstić information content (AvgIpc) is 0.784. The first-order valence-corrected chi connectivity index (χ1v) is 51.7. The van der Waals surface area contributed by atoms with Crippen LogP contribution in [0.25, 0.3) is 0 Å². The van der Waals surface area contributed by atoms with Crippen molar-refractivity contribution in [3.63, 3.8) is 0 Å². The summed E-state index contributed by atoms with van der Waals surface area (Å²) in [6.07, 6.45) is 17.3. The van der Waals surface area contributed by atoms with Gasteiger partial charge in [0.1, 0.15) is 137 Å². The van der Waals surface area contributed by atoms with E-state index in [0.717, 1.165) is 246 Å². The van der Waals surface area contributed by atoms with E-state index in [1.54, 1.807) is 6.07 Å². The van der Waals surface area contributed by atoms with Gasteiger partial charge in [-0.1, -0.05) is 115 Å². The zero-order valence-electron chi connectivity index (χ0n) is 86.4. The molecular formula is C125H142O18. The van der Waals surface area contributed by atoms with Crippen LogP contribution in [-0.2, 0) is 77.0 Å². The van der Waals surface area contributed by atoms with Crippen LogP contribution in [0.15, 0.2) is 188 Å². The molecule has 0 radical (unpaired) electrons. The van der Waals surface area contributed by atoms with Crippen LogP contribution in [0.2, 0.25) is 0 Å². The van der Waals surface area contributed by atoms with E-state index >= 15 is 0 Å². The van der Waals surface area contributed by atoms with E-state index in [1.807, 2.05) is 144 Å². The van der Waals surface area contributed by atoms with Gasteiger partial charge < -0.3 is 87.5 Å². The smallest absolute Gasteiger partial charge is 0.129 e. The number of phenols is 6. The first kappa shape index (κ1) is 98.8. The summed E-state index contributed by atoms with van der Waals surface area (Å²) in [6.45, 7) is 39.1. The molecule has 0 spiro atoms. The maximum absolute atomic E-state index is 10.3. The van der Waals surface area contributed by atoms with E-state index in [4.69, 9.17) is 56.8 Å². The molecule has 0 saturated heterocycles. The number of fused-ring (bicyclic) bond motifs is 18. The molecule has 12 aliphatic rings. The van der Waals surface area contributed by atoms with Crippen LogP contribution in [0.1, 0.15) is 285 Å². The minimum Gasteiger partial charge on any atom is -0.508 e. The van der Waals surface area contributed by atoms with Crippen molar-refractivity contribution in [1.29, 1.82) is 0 Å². The molecule has 750 valence electrons. The number of aromatic hydroxyl groups is 6. The van der Waals surface area contributed by atoms with E-state index < -0.39 is 0 Å². The lowest BCUT2D eigenvalue weighted by Gasteiger charge is -2.35.